The molecule has 0 fully saturated rings. The Morgan fingerprint density at radius 2 is 1.18 bits per heavy atom. The number of carboxylic acid groups (broad SMARTS) is 1. The van der Waals surface area contributed by atoms with E-state index in [0.717, 1.165) is 0 Å². The second-order valence-corrected chi connectivity index (χ2v) is 6.94. The van der Waals surface area contributed by atoms with Crippen LogP contribution < -0.4 is 10.1 Å². The normalized spacial score (nSPS) is 12.0. The number of ether oxygens (including phenoxy) is 3. The van der Waals surface area contributed by atoms with Gasteiger partial charge < -0.3 is 24.6 Å². The van der Waals surface area contributed by atoms with Gasteiger partial charge in [-0.25, -0.2) is 14.4 Å². The highest BCUT2D eigenvalue weighted by Crippen LogP contribution is 2.18. The lowest BCUT2D eigenvalue weighted by Crippen LogP contribution is -2.48. The van der Waals surface area contributed by atoms with Crippen LogP contribution in [-0.4, -0.2) is 48.2 Å². The fraction of sp³-hybridized carbons (Fsp3) is 0.120. The van der Waals surface area contributed by atoms with Crippen LogP contribution in [0.4, 0.5) is 5.69 Å². The lowest BCUT2D eigenvalue weighted by Gasteiger charge is -2.23. The first-order chi connectivity index (χ1) is 16.4. The lowest BCUT2D eigenvalue weighted by atomic mass is 10.1. The van der Waals surface area contributed by atoms with E-state index in [4.69, 9.17) is 14.2 Å². The number of benzene rings is 3. The van der Waals surface area contributed by atoms with Crippen LogP contribution >= 0.6 is 0 Å². The number of hydrogen-bond acceptors (Lipinski definition) is 7. The molecule has 2 N–H and O–H groups in total. The van der Waals surface area contributed by atoms with Gasteiger partial charge in [-0.1, -0.05) is 36.4 Å². The molecule has 0 saturated heterocycles. The molecule has 0 saturated carbocycles. The van der Waals surface area contributed by atoms with Gasteiger partial charge in [-0.05, 0) is 48.5 Å². The summed E-state index contributed by atoms with van der Waals surface area (Å²) in [6.45, 7) is 0. The summed E-state index contributed by atoms with van der Waals surface area (Å²) in [6.07, 6.45) is -4.10. The third-order valence-corrected chi connectivity index (χ3v) is 4.62. The van der Waals surface area contributed by atoms with Gasteiger partial charge in [0.1, 0.15) is 5.75 Å². The Labute approximate surface area is 194 Å². The number of nitrogens with one attached hydrogen (secondary N) is 1. The van der Waals surface area contributed by atoms with Gasteiger partial charge >= 0.3 is 17.9 Å². The van der Waals surface area contributed by atoms with Crippen molar-refractivity contribution < 1.29 is 38.5 Å². The molecular weight excluding hydrogens is 442 g/mol. The van der Waals surface area contributed by atoms with E-state index in [2.05, 4.69) is 5.32 Å². The number of esters is 2. The first-order valence-corrected chi connectivity index (χ1v) is 10.1. The first kappa shape index (κ1) is 24.0. The summed E-state index contributed by atoms with van der Waals surface area (Å²) in [7, 11) is 1.48. The topological polar surface area (TPSA) is 128 Å². The van der Waals surface area contributed by atoms with Crippen LogP contribution in [0, 0.1) is 0 Å². The maximum atomic E-state index is 13.0. The highest BCUT2D eigenvalue weighted by atomic mass is 16.6. The minimum atomic E-state index is -2.11. The van der Waals surface area contributed by atoms with Crippen molar-refractivity contribution >= 4 is 29.5 Å². The van der Waals surface area contributed by atoms with Crippen LogP contribution in [0.3, 0.4) is 0 Å². The Hall–Kier alpha value is -4.66. The van der Waals surface area contributed by atoms with Gasteiger partial charge in [0.25, 0.3) is 5.91 Å². The third kappa shape index (κ3) is 6.19. The molecule has 0 heterocycles. The van der Waals surface area contributed by atoms with Crippen LogP contribution in [-0.2, 0) is 19.1 Å². The SMILES string of the molecule is COc1ccc(NC(=O)C(OC(=O)c2ccccc2)C(OC(=O)c2ccccc2)C(=O)O)cc1. The van der Waals surface area contributed by atoms with Gasteiger partial charge in [0.15, 0.2) is 0 Å². The summed E-state index contributed by atoms with van der Waals surface area (Å²) >= 11 is 0. The second-order valence-electron chi connectivity index (χ2n) is 6.94. The molecule has 9 nitrogen and oxygen atoms in total. The number of carbonyl (C=O) groups is 4. The number of amides is 1. The molecule has 174 valence electrons. The zero-order valence-corrected chi connectivity index (χ0v) is 18.0. The average Bonchev–Trinajstić information content (AvgIpc) is 2.87. The van der Waals surface area contributed by atoms with Crippen molar-refractivity contribution in [3.8, 4) is 5.75 Å². The fourth-order valence-electron chi connectivity index (χ4n) is 2.90. The van der Waals surface area contributed by atoms with Crippen molar-refractivity contribution in [3.63, 3.8) is 0 Å². The molecule has 0 radical (unpaired) electrons. The molecule has 0 spiro atoms. The third-order valence-electron chi connectivity index (χ3n) is 4.62. The van der Waals surface area contributed by atoms with Gasteiger partial charge in [-0.2, -0.15) is 0 Å². The lowest BCUT2D eigenvalue weighted by molar-refractivity contribution is -0.157. The van der Waals surface area contributed by atoms with E-state index in [1.165, 1.54) is 43.5 Å². The molecule has 2 unspecified atom stereocenters. The highest BCUT2D eigenvalue weighted by Gasteiger charge is 2.41. The molecule has 0 aliphatic heterocycles. The first-order valence-electron chi connectivity index (χ1n) is 10.1. The number of aliphatic carboxylic acids is 1. The summed E-state index contributed by atoms with van der Waals surface area (Å²) in [4.78, 5) is 50.2. The van der Waals surface area contributed by atoms with Gasteiger partial charge in [0, 0.05) is 5.69 Å². The van der Waals surface area contributed by atoms with E-state index in [-0.39, 0.29) is 16.8 Å². The van der Waals surface area contributed by atoms with Crippen molar-refractivity contribution in [1.82, 2.24) is 0 Å². The van der Waals surface area contributed by atoms with E-state index in [1.807, 2.05) is 0 Å². The number of anilines is 1. The predicted molar refractivity (Wildman–Crippen MR) is 121 cm³/mol. The van der Waals surface area contributed by atoms with E-state index in [1.54, 1.807) is 48.5 Å². The molecule has 3 rings (SSSR count). The van der Waals surface area contributed by atoms with Crippen LogP contribution in [0.5, 0.6) is 5.75 Å². The molecule has 0 aromatic heterocycles. The molecule has 2 atom stereocenters. The minimum absolute atomic E-state index is 0.0671. The summed E-state index contributed by atoms with van der Waals surface area (Å²) < 4.78 is 15.4. The molecule has 0 bridgehead atoms. The number of methoxy groups -OCH3 is 1. The summed E-state index contributed by atoms with van der Waals surface area (Å²) in [6, 6.07) is 21.5. The zero-order chi connectivity index (χ0) is 24.5. The predicted octanol–water partition coefficient (Wildman–Crippen LogP) is 3.17. The summed E-state index contributed by atoms with van der Waals surface area (Å²) in [5, 5.41) is 12.2. The second kappa shape index (κ2) is 11.3. The quantitative estimate of drug-likeness (QED) is 0.463. The van der Waals surface area contributed by atoms with E-state index >= 15 is 0 Å². The van der Waals surface area contributed by atoms with Gasteiger partial charge in [-0.3, -0.25) is 4.79 Å². The standard InChI is InChI=1S/C25H21NO8/c1-32-19-14-12-18(13-15-19)26-22(27)20(33-24(30)16-8-4-2-5-9-16)21(23(28)29)34-25(31)17-10-6-3-7-11-17/h2-15,20-21H,1H3,(H,26,27)(H,28,29). The number of carbonyl (C=O) groups excluding carboxylic acids is 3. The van der Waals surface area contributed by atoms with Crippen molar-refractivity contribution in [2.75, 3.05) is 12.4 Å². The number of carboxylic acids is 1. The fourth-order valence-corrected chi connectivity index (χ4v) is 2.90. The Morgan fingerprint density at radius 1 is 0.706 bits per heavy atom. The Kier molecular flexibility index (Phi) is 7.96. The smallest absolute Gasteiger partial charge is 0.349 e. The molecule has 34 heavy (non-hydrogen) atoms. The number of hydrogen-bond donors (Lipinski definition) is 2. The number of rotatable bonds is 9. The van der Waals surface area contributed by atoms with Gasteiger partial charge in [-0.15, -0.1) is 0 Å². The van der Waals surface area contributed by atoms with Crippen molar-refractivity contribution in [3.05, 3.63) is 96.1 Å². The maximum absolute atomic E-state index is 13.0. The molecule has 9 heteroatoms. The van der Waals surface area contributed by atoms with Crippen molar-refractivity contribution in [2.24, 2.45) is 0 Å². The van der Waals surface area contributed by atoms with Gasteiger partial charge in [0.05, 0.1) is 18.2 Å². The van der Waals surface area contributed by atoms with Gasteiger partial charge in [0.2, 0.25) is 12.2 Å². The van der Waals surface area contributed by atoms with Crippen LogP contribution in [0.1, 0.15) is 20.7 Å². The summed E-state index contributed by atoms with van der Waals surface area (Å²) in [5.74, 6) is -4.09. The molecule has 1 amide bonds. The Bertz CT molecular complexity index is 1150. The largest absolute Gasteiger partial charge is 0.497 e. The maximum Gasteiger partial charge on any atom is 0.349 e. The molecule has 0 aliphatic rings. The summed E-state index contributed by atoms with van der Waals surface area (Å²) in [5.41, 5.74) is 0.436. The van der Waals surface area contributed by atoms with Crippen LogP contribution in [0.15, 0.2) is 84.9 Å². The Morgan fingerprint density at radius 3 is 1.62 bits per heavy atom. The molecular formula is C25H21NO8. The van der Waals surface area contributed by atoms with Crippen molar-refractivity contribution in [1.29, 1.82) is 0 Å². The van der Waals surface area contributed by atoms with E-state index in [9.17, 15) is 24.3 Å². The molecule has 3 aromatic carbocycles. The zero-order valence-electron chi connectivity index (χ0n) is 18.0. The van der Waals surface area contributed by atoms with E-state index < -0.39 is 36.0 Å². The Balaban J connectivity index is 1.88. The van der Waals surface area contributed by atoms with Crippen molar-refractivity contribution in [2.45, 2.75) is 12.2 Å². The monoisotopic (exact) mass is 463 g/mol. The van der Waals surface area contributed by atoms with Crippen LogP contribution in [0.2, 0.25) is 0 Å². The molecule has 0 aliphatic carbocycles. The minimum Gasteiger partial charge on any atom is -0.497 e. The molecule has 3 aromatic rings. The highest BCUT2D eigenvalue weighted by molar-refractivity contribution is 6.01. The van der Waals surface area contributed by atoms with Crippen LogP contribution in [0.25, 0.3) is 0 Å². The van der Waals surface area contributed by atoms with E-state index in [0.29, 0.717) is 5.75 Å². The average molecular weight is 463 g/mol.